The Morgan fingerprint density at radius 1 is 0.872 bits per heavy atom. The number of hydrogen-bond acceptors (Lipinski definition) is 5. The molecule has 0 bridgehead atoms. The number of rotatable bonds is 12. The van der Waals surface area contributed by atoms with Crippen molar-refractivity contribution in [1.82, 2.24) is 10.2 Å². The van der Waals surface area contributed by atoms with Gasteiger partial charge in [0.1, 0.15) is 23.3 Å². The molecule has 1 aliphatic rings. The molecule has 0 spiro atoms. The molecule has 1 N–H and O–H groups in total. The standard InChI is InChI=1S/C32H38N2O5/c1-23-13-15-25(16-14-23)21-34(31(35)22-39-29-19-27(37-2)18-28(20-29)38-3)30(17-24-9-5-4-6-10-24)32(36)33-26-11-7-8-12-26/h4-6,9-10,13-16,18-20,26,30H,7-8,11-12,17,21-22H2,1-3H3,(H,33,36)/t30-/m1/s1. The molecule has 7 heteroatoms. The van der Waals surface area contributed by atoms with Gasteiger partial charge in [0.05, 0.1) is 14.2 Å². The van der Waals surface area contributed by atoms with Crippen molar-refractivity contribution in [2.24, 2.45) is 0 Å². The summed E-state index contributed by atoms with van der Waals surface area (Å²) >= 11 is 0. The van der Waals surface area contributed by atoms with Crippen LogP contribution >= 0.6 is 0 Å². The lowest BCUT2D eigenvalue weighted by Crippen LogP contribution is -2.53. The largest absolute Gasteiger partial charge is 0.496 e. The highest BCUT2D eigenvalue weighted by molar-refractivity contribution is 5.88. The predicted octanol–water partition coefficient (Wildman–Crippen LogP) is 5.09. The van der Waals surface area contributed by atoms with Gasteiger partial charge in [0.2, 0.25) is 5.91 Å². The number of aryl methyl sites for hydroxylation is 1. The van der Waals surface area contributed by atoms with E-state index in [9.17, 15) is 9.59 Å². The number of amides is 2. The average molecular weight is 531 g/mol. The van der Waals surface area contributed by atoms with Crippen molar-refractivity contribution in [2.75, 3.05) is 20.8 Å². The van der Waals surface area contributed by atoms with Gasteiger partial charge in [-0.3, -0.25) is 9.59 Å². The van der Waals surface area contributed by atoms with Crippen molar-refractivity contribution in [1.29, 1.82) is 0 Å². The van der Waals surface area contributed by atoms with Crippen LogP contribution in [0.5, 0.6) is 17.2 Å². The van der Waals surface area contributed by atoms with E-state index in [1.165, 1.54) is 0 Å². The molecule has 0 saturated heterocycles. The molecule has 3 aromatic carbocycles. The minimum Gasteiger partial charge on any atom is -0.496 e. The highest BCUT2D eigenvalue weighted by Crippen LogP contribution is 2.28. The van der Waals surface area contributed by atoms with Gasteiger partial charge in [0.15, 0.2) is 6.61 Å². The van der Waals surface area contributed by atoms with Crippen molar-refractivity contribution in [3.05, 3.63) is 89.5 Å². The summed E-state index contributed by atoms with van der Waals surface area (Å²) in [4.78, 5) is 29.2. The summed E-state index contributed by atoms with van der Waals surface area (Å²) in [6.07, 6.45) is 4.56. The van der Waals surface area contributed by atoms with Crippen molar-refractivity contribution >= 4 is 11.8 Å². The van der Waals surface area contributed by atoms with E-state index in [0.717, 1.165) is 42.4 Å². The molecular weight excluding hydrogens is 492 g/mol. The first-order valence-corrected chi connectivity index (χ1v) is 13.5. The van der Waals surface area contributed by atoms with Gasteiger partial charge >= 0.3 is 0 Å². The van der Waals surface area contributed by atoms with Crippen LogP contribution in [0.25, 0.3) is 0 Å². The number of nitrogens with one attached hydrogen (secondary N) is 1. The number of nitrogens with zero attached hydrogens (tertiary/aromatic N) is 1. The first kappa shape index (κ1) is 28.0. The molecule has 39 heavy (non-hydrogen) atoms. The number of carbonyl (C=O) groups excluding carboxylic acids is 2. The highest BCUT2D eigenvalue weighted by atomic mass is 16.5. The van der Waals surface area contributed by atoms with Crippen LogP contribution in [0.15, 0.2) is 72.8 Å². The van der Waals surface area contributed by atoms with Crippen LogP contribution < -0.4 is 19.5 Å². The maximum atomic E-state index is 13.8. The van der Waals surface area contributed by atoms with Crippen molar-refractivity contribution < 1.29 is 23.8 Å². The Morgan fingerprint density at radius 3 is 2.10 bits per heavy atom. The third-order valence-electron chi connectivity index (χ3n) is 7.13. The van der Waals surface area contributed by atoms with E-state index in [0.29, 0.717) is 30.2 Å². The van der Waals surface area contributed by atoms with Crippen molar-refractivity contribution in [3.8, 4) is 17.2 Å². The van der Waals surface area contributed by atoms with Gasteiger partial charge in [-0.05, 0) is 30.9 Å². The van der Waals surface area contributed by atoms with Gasteiger partial charge in [-0.15, -0.1) is 0 Å². The summed E-state index contributed by atoms with van der Waals surface area (Å²) in [5.41, 5.74) is 3.07. The van der Waals surface area contributed by atoms with E-state index >= 15 is 0 Å². The second kappa shape index (κ2) is 13.7. The zero-order valence-corrected chi connectivity index (χ0v) is 23.0. The molecular formula is C32H38N2O5. The van der Waals surface area contributed by atoms with Crippen LogP contribution in [-0.4, -0.2) is 49.6 Å². The normalized spacial score (nSPS) is 13.9. The molecule has 1 atom stereocenters. The first-order valence-electron chi connectivity index (χ1n) is 13.5. The number of ether oxygens (including phenoxy) is 3. The number of benzene rings is 3. The Labute approximate surface area is 231 Å². The molecule has 0 heterocycles. The summed E-state index contributed by atoms with van der Waals surface area (Å²) in [6.45, 7) is 2.08. The SMILES string of the molecule is COc1cc(OC)cc(OCC(=O)N(Cc2ccc(C)cc2)[C@H](Cc2ccccc2)C(=O)NC2CCCC2)c1. The van der Waals surface area contributed by atoms with Crippen LogP contribution in [0.3, 0.4) is 0 Å². The number of methoxy groups -OCH3 is 2. The van der Waals surface area contributed by atoms with Crippen LogP contribution in [-0.2, 0) is 22.6 Å². The van der Waals surface area contributed by atoms with Crippen molar-refractivity contribution in [3.63, 3.8) is 0 Å². The minimum atomic E-state index is -0.690. The van der Waals surface area contributed by atoms with E-state index in [1.54, 1.807) is 37.3 Å². The smallest absolute Gasteiger partial charge is 0.261 e. The summed E-state index contributed by atoms with van der Waals surface area (Å²) < 4.78 is 16.6. The quantitative estimate of drug-likeness (QED) is 0.353. The minimum absolute atomic E-state index is 0.130. The third-order valence-corrected chi connectivity index (χ3v) is 7.13. The van der Waals surface area contributed by atoms with Gasteiger partial charge < -0.3 is 24.4 Å². The average Bonchev–Trinajstić information content (AvgIpc) is 3.48. The number of hydrogen-bond donors (Lipinski definition) is 1. The first-order chi connectivity index (χ1) is 18.9. The van der Waals surface area contributed by atoms with Crippen LogP contribution in [0.4, 0.5) is 0 Å². The molecule has 4 rings (SSSR count). The van der Waals surface area contributed by atoms with Crippen molar-refractivity contribution in [2.45, 2.75) is 57.7 Å². The van der Waals surface area contributed by atoms with E-state index < -0.39 is 6.04 Å². The van der Waals surface area contributed by atoms with Gasteiger partial charge in [0.25, 0.3) is 5.91 Å². The Hall–Kier alpha value is -4.00. The van der Waals surface area contributed by atoms with E-state index in [-0.39, 0.29) is 24.5 Å². The van der Waals surface area contributed by atoms with Gasteiger partial charge in [0, 0.05) is 37.2 Å². The van der Waals surface area contributed by atoms with Crippen LogP contribution in [0.2, 0.25) is 0 Å². The molecule has 0 aliphatic heterocycles. The fourth-order valence-electron chi connectivity index (χ4n) is 4.90. The van der Waals surface area contributed by atoms with Crippen LogP contribution in [0, 0.1) is 6.92 Å². The lowest BCUT2D eigenvalue weighted by atomic mass is 10.0. The topological polar surface area (TPSA) is 77.1 Å². The molecule has 1 fully saturated rings. The molecule has 3 aromatic rings. The lowest BCUT2D eigenvalue weighted by molar-refractivity contribution is -0.143. The molecule has 206 valence electrons. The molecule has 2 amide bonds. The molecule has 1 aliphatic carbocycles. The van der Waals surface area contributed by atoms with Gasteiger partial charge in [-0.2, -0.15) is 0 Å². The molecule has 0 unspecified atom stereocenters. The maximum absolute atomic E-state index is 13.8. The highest BCUT2D eigenvalue weighted by Gasteiger charge is 2.32. The zero-order chi connectivity index (χ0) is 27.6. The fourth-order valence-corrected chi connectivity index (χ4v) is 4.90. The van der Waals surface area contributed by atoms with E-state index in [1.807, 2.05) is 61.5 Å². The second-order valence-corrected chi connectivity index (χ2v) is 10.0. The zero-order valence-electron chi connectivity index (χ0n) is 23.0. The maximum Gasteiger partial charge on any atom is 0.261 e. The predicted molar refractivity (Wildman–Crippen MR) is 151 cm³/mol. The Kier molecular flexibility index (Phi) is 9.84. The molecule has 0 aromatic heterocycles. The van der Waals surface area contributed by atoms with Crippen LogP contribution in [0.1, 0.15) is 42.4 Å². The number of carbonyl (C=O) groups is 2. The Morgan fingerprint density at radius 2 is 1.49 bits per heavy atom. The molecule has 7 nitrogen and oxygen atoms in total. The Bertz CT molecular complexity index is 1200. The van der Waals surface area contributed by atoms with Gasteiger partial charge in [-0.1, -0.05) is 73.0 Å². The summed E-state index contributed by atoms with van der Waals surface area (Å²) in [7, 11) is 3.12. The molecule has 0 radical (unpaired) electrons. The van der Waals surface area contributed by atoms with E-state index in [4.69, 9.17) is 14.2 Å². The monoisotopic (exact) mass is 530 g/mol. The van der Waals surface area contributed by atoms with Gasteiger partial charge in [-0.25, -0.2) is 0 Å². The summed E-state index contributed by atoms with van der Waals surface area (Å²) in [6, 6.07) is 22.5. The fraction of sp³-hybridized carbons (Fsp3) is 0.375. The Balaban J connectivity index is 1.61. The summed E-state index contributed by atoms with van der Waals surface area (Å²) in [5, 5.41) is 3.23. The third kappa shape index (κ3) is 7.99. The van der Waals surface area contributed by atoms with E-state index in [2.05, 4.69) is 5.32 Å². The summed E-state index contributed by atoms with van der Waals surface area (Å²) in [5.74, 6) is 1.16. The second-order valence-electron chi connectivity index (χ2n) is 10.0. The lowest BCUT2D eigenvalue weighted by Gasteiger charge is -2.32. The molecule has 1 saturated carbocycles.